The second kappa shape index (κ2) is 6.90. The first-order chi connectivity index (χ1) is 14.4. The van der Waals surface area contributed by atoms with E-state index in [0.29, 0.717) is 16.9 Å². The third-order valence-electron chi connectivity index (χ3n) is 4.95. The molecule has 4 aromatic heterocycles. The summed E-state index contributed by atoms with van der Waals surface area (Å²) in [6.07, 6.45) is -0.333. The average molecular weight is 453 g/mol. The maximum absolute atomic E-state index is 13.1. The van der Waals surface area contributed by atoms with E-state index in [-0.39, 0.29) is 27.8 Å². The molecule has 164 valence electrons. The minimum atomic E-state index is -4.62. The number of alkyl halides is 3. The molecule has 0 fully saturated rings. The molecule has 13 heteroatoms. The number of rotatable bonds is 4. The number of imidazole rings is 2. The van der Waals surface area contributed by atoms with E-state index in [1.54, 1.807) is 38.2 Å². The van der Waals surface area contributed by atoms with E-state index in [0.717, 1.165) is 12.3 Å². The van der Waals surface area contributed by atoms with Crippen LogP contribution < -0.4 is 0 Å². The van der Waals surface area contributed by atoms with E-state index in [1.165, 1.54) is 16.1 Å². The Morgan fingerprint density at radius 1 is 1.03 bits per heavy atom. The third kappa shape index (κ3) is 3.38. The van der Waals surface area contributed by atoms with Gasteiger partial charge in [0, 0.05) is 27.3 Å². The van der Waals surface area contributed by atoms with Gasteiger partial charge in [0.15, 0.2) is 20.7 Å². The highest BCUT2D eigenvalue weighted by Crippen LogP contribution is 2.34. The number of fused-ring (bicyclic) bond motifs is 1. The van der Waals surface area contributed by atoms with Gasteiger partial charge in [-0.25, -0.2) is 23.4 Å². The van der Waals surface area contributed by atoms with Crippen molar-refractivity contribution >= 4 is 20.9 Å². The molecular formula is C18H18F3N7O2S. The summed E-state index contributed by atoms with van der Waals surface area (Å²) in [5.41, 5.74) is -0.0909. The zero-order chi connectivity index (χ0) is 22.7. The highest BCUT2D eigenvalue weighted by molar-refractivity contribution is 7.91. The summed E-state index contributed by atoms with van der Waals surface area (Å²) in [6, 6.07) is 0.831. The van der Waals surface area contributed by atoms with Gasteiger partial charge in [-0.3, -0.25) is 4.68 Å². The summed E-state index contributed by atoms with van der Waals surface area (Å²) in [7, 11) is 1.10. The van der Waals surface area contributed by atoms with Crippen molar-refractivity contribution in [3.8, 4) is 22.9 Å². The number of aromatic nitrogens is 7. The lowest BCUT2D eigenvalue weighted by molar-refractivity contribution is -0.141. The Balaban J connectivity index is 2.01. The second-order valence-electron chi connectivity index (χ2n) is 7.00. The molecule has 0 spiro atoms. The normalized spacial score (nSPS) is 12.7. The largest absolute Gasteiger partial charge is 0.433 e. The van der Waals surface area contributed by atoms with Crippen molar-refractivity contribution in [2.75, 3.05) is 5.75 Å². The minimum absolute atomic E-state index is 0.0354. The van der Waals surface area contributed by atoms with Crippen LogP contribution in [-0.2, 0) is 37.2 Å². The van der Waals surface area contributed by atoms with Crippen LogP contribution in [0.25, 0.3) is 33.9 Å². The van der Waals surface area contributed by atoms with E-state index in [4.69, 9.17) is 0 Å². The van der Waals surface area contributed by atoms with Gasteiger partial charge in [0.05, 0.1) is 34.7 Å². The molecule has 0 saturated heterocycles. The van der Waals surface area contributed by atoms with Crippen LogP contribution in [0.3, 0.4) is 0 Å². The summed E-state index contributed by atoms with van der Waals surface area (Å²) in [4.78, 5) is 12.3. The van der Waals surface area contributed by atoms with Crippen LogP contribution in [0.5, 0.6) is 0 Å². The van der Waals surface area contributed by atoms with E-state index < -0.39 is 21.7 Å². The monoisotopic (exact) mass is 453 g/mol. The van der Waals surface area contributed by atoms with E-state index >= 15 is 0 Å². The van der Waals surface area contributed by atoms with Gasteiger partial charge in [-0.1, -0.05) is 6.92 Å². The highest BCUT2D eigenvalue weighted by Gasteiger charge is 2.34. The molecule has 0 aliphatic carbocycles. The lowest BCUT2D eigenvalue weighted by Gasteiger charge is -2.07. The molecule has 0 atom stereocenters. The molecule has 4 aromatic rings. The number of pyridine rings is 1. The first-order valence-corrected chi connectivity index (χ1v) is 10.8. The predicted molar refractivity (Wildman–Crippen MR) is 106 cm³/mol. The maximum Gasteiger partial charge on any atom is 0.433 e. The number of sulfone groups is 1. The molecule has 0 radical (unpaired) electrons. The van der Waals surface area contributed by atoms with E-state index in [1.807, 2.05) is 0 Å². The van der Waals surface area contributed by atoms with Crippen molar-refractivity contribution in [2.45, 2.75) is 18.1 Å². The lowest BCUT2D eigenvalue weighted by atomic mass is 10.3. The van der Waals surface area contributed by atoms with Crippen LogP contribution in [0.15, 0.2) is 29.7 Å². The van der Waals surface area contributed by atoms with Crippen LogP contribution in [0, 0.1) is 0 Å². The summed E-state index contributed by atoms with van der Waals surface area (Å²) < 4.78 is 69.4. The number of aryl methyl sites for hydroxylation is 2. The number of hydrogen-bond donors (Lipinski definition) is 0. The van der Waals surface area contributed by atoms with Crippen molar-refractivity contribution in [1.29, 1.82) is 0 Å². The average Bonchev–Trinajstić information content (AvgIpc) is 3.36. The molecule has 0 aromatic carbocycles. The first-order valence-electron chi connectivity index (χ1n) is 9.12. The van der Waals surface area contributed by atoms with Crippen LogP contribution in [-0.4, -0.2) is 48.0 Å². The van der Waals surface area contributed by atoms with Gasteiger partial charge >= 0.3 is 6.18 Å². The van der Waals surface area contributed by atoms with E-state index in [9.17, 15) is 21.6 Å². The van der Waals surface area contributed by atoms with Crippen molar-refractivity contribution < 1.29 is 21.6 Å². The molecule has 0 bridgehead atoms. The number of hydrogen-bond acceptors (Lipinski definition) is 6. The second-order valence-corrected chi connectivity index (χ2v) is 9.20. The third-order valence-corrected chi connectivity index (χ3v) is 6.77. The van der Waals surface area contributed by atoms with Gasteiger partial charge < -0.3 is 9.13 Å². The Bertz CT molecular complexity index is 1410. The molecule has 0 unspecified atom stereocenters. The van der Waals surface area contributed by atoms with Gasteiger partial charge in [-0.05, 0) is 6.07 Å². The quantitative estimate of drug-likeness (QED) is 0.471. The molecule has 4 heterocycles. The Kier molecular flexibility index (Phi) is 4.68. The molecule has 0 aliphatic rings. The van der Waals surface area contributed by atoms with Crippen LogP contribution in [0.4, 0.5) is 13.2 Å². The van der Waals surface area contributed by atoms with Crippen LogP contribution in [0.2, 0.25) is 0 Å². The molecule has 0 aliphatic heterocycles. The molecular weight excluding hydrogens is 435 g/mol. The Labute approximate surface area is 175 Å². The van der Waals surface area contributed by atoms with Gasteiger partial charge in [0.2, 0.25) is 0 Å². The summed E-state index contributed by atoms with van der Waals surface area (Å²) in [5.74, 6) is 0.278. The molecule has 4 rings (SSSR count). The Morgan fingerprint density at radius 2 is 1.74 bits per heavy atom. The van der Waals surface area contributed by atoms with Crippen molar-refractivity contribution in [3.63, 3.8) is 0 Å². The van der Waals surface area contributed by atoms with Gasteiger partial charge in [-0.2, -0.15) is 18.3 Å². The lowest BCUT2D eigenvalue weighted by Crippen LogP contribution is -2.11. The van der Waals surface area contributed by atoms with Crippen molar-refractivity contribution in [2.24, 2.45) is 21.1 Å². The summed E-state index contributed by atoms with van der Waals surface area (Å²) >= 11 is 0. The van der Waals surface area contributed by atoms with Crippen molar-refractivity contribution in [1.82, 2.24) is 33.9 Å². The first kappa shape index (κ1) is 21.0. The smallest absolute Gasteiger partial charge is 0.324 e. The summed E-state index contributed by atoms with van der Waals surface area (Å²) in [6.45, 7) is 1.50. The molecule has 0 saturated carbocycles. The zero-order valence-corrected chi connectivity index (χ0v) is 17.8. The highest BCUT2D eigenvalue weighted by atomic mass is 32.2. The molecule has 9 nitrogen and oxygen atoms in total. The fourth-order valence-corrected chi connectivity index (χ4v) is 4.58. The SMILES string of the molecule is CCS(=O)(=O)c1c(-c2nc3cc(C(F)(F)F)ncc3n2C)nc(-c2cnn(C)c2)n1C. The fraction of sp³-hybridized carbons (Fsp3) is 0.333. The summed E-state index contributed by atoms with van der Waals surface area (Å²) in [5, 5.41) is 4.02. The Hall–Kier alpha value is -3.22. The van der Waals surface area contributed by atoms with Crippen LogP contribution in [0.1, 0.15) is 12.6 Å². The number of halogens is 3. The van der Waals surface area contributed by atoms with Crippen molar-refractivity contribution in [3.05, 3.63) is 30.4 Å². The molecule has 0 amide bonds. The zero-order valence-electron chi connectivity index (χ0n) is 17.0. The van der Waals surface area contributed by atoms with Gasteiger partial charge in [-0.15, -0.1) is 0 Å². The minimum Gasteiger partial charge on any atom is -0.324 e. The molecule has 0 N–H and O–H groups in total. The number of nitrogens with zero attached hydrogens (tertiary/aromatic N) is 7. The predicted octanol–water partition coefficient (Wildman–Crippen LogP) is 2.58. The maximum atomic E-state index is 13.1. The van der Waals surface area contributed by atoms with E-state index in [2.05, 4.69) is 20.1 Å². The van der Waals surface area contributed by atoms with Gasteiger partial charge in [0.1, 0.15) is 17.2 Å². The van der Waals surface area contributed by atoms with Gasteiger partial charge in [0.25, 0.3) is 0 Å². The molecule has 31 heavy (non-hydrogen) atoms. The topological polar surface area (TPSA) is 100 Å². The standard InChI is InChI=1S/C18H18F3N7O2S/c1-5-31(29,30)17-14(25-15(28(17)4)10-7-23-26(2)9-10)16-24-11-6-13(18(19,20)21)22-8-12(11)27(16)3/h6-9H,5H2,1-4H3. The Morgan fingerprint density at radius 3 is 2.32 bits per heavy atom. The fourth-order valence-electron chi connectivity index (χ4n) is 3.37. The van der Waals surface area contributed by atoms with Crippen LogP contribution >= 0.6 is 0 Å².